The highest BCUT2D eigenvalue weighted by molar-refractivity contribution is 5.96. The van der Waals surface area contributed by atoms with Crippen molar-refractivity contribution in [3.05, 3.63) is 65.0 Å². The molecule has 0 saturated heterocycles. The average molecular weight is 267 g/mol. The Balaban J connectivity index is 2.35. The van der Waals surface area contributed by atoms with Crippen LogP contribution >= 0.6 is 0 Å². The molecule has 0 radical (unpaired) electrons. The number of carbonyl (C=O) groups excluding carboxylic acids is 2. The van der Waals surface area contributed by atoms with Crippen molar-refractivity contribution in [3.63, 3.8) is 0 Å². The minimum Gasteiger partial charge on any atom is -0.365 e. The third kappa shape index (κ3) is 2.98. The van der Waals surface area contributed by atoms with Gasteiger partial charge in [-0.15, -0.1) is 0 Å². The molecule has 0 bridgehead atoms. The lowest BCUT2D eigenvalue weighted by Gasteiger charge is -2.00. The Bertz CT molecular complexity index is 673. The first-order valence-corrected chi connectivity index (χ1v) is 6.13. The number of primary amides is 1. The summed E-state index contributed by atoms with van der Waals surface area (Å²) in [7, 11) is 1.85. The molecule has 2 rings (SSSR count). The number of aromatic nitrogens is 1. The highest BCUT2D eigenvalue weighted by Crippen LogP contribution is 2.10. The van der Waals surface area contributed by atoms with Crippen molar-refractivity contribution in [1.29, 1.82) is 0 Å². The number of nitrogens with two attached hydrogens (primary N) is 1. The SMILES string of the molecule is C[n+]1cccc(C(N)=O)c1C=Cc1ccc(C=O)cc1. The van der Waals surface area contributed by atoms with E-state index in [0.29, 0.717) is 11.1 Å². The van der Waals surface area contributed by atoms with Crippen molar-refractivity contribution in [2.45, 2.75) is 0 Å². The number of pyridine rings is 1. The van der Waals surface area contributed by atoms with Crippen LogP contribution < -0.4 is 10.3 Å². The minimum absolute atomic E-state index is 0.461. The van der Waals surface area contributed by atoms with Crippen LogP contribution in [-0.2, 0) is 7.05 Å². The Morgan fingerprint density at radius 3 is 2.35 bits per heavy atom. The molecule has 1 aromatic carbocycles. The smallest absolute Gasteiger partial charge is 0.255 e. The fourth-order valence-electron chi connectivity index (χ4n) is 1.90. The normalized spacial score (nSPS) is 10.7. The van der Waals surface area contributed by atoms with Crippen LogP contribution in [0.15, 0.2) is 42.6 Å². The van der Waals surface area contributed by atoms with Crippen LogP contribution in [0.3, 0.4) is 0 Å². The summed E-state index contributed by atoms with van der Waals surface area (Å²) in [5.41, 5.74) is 8.14. The molecule has 0 spiro atoms. The van der Waals surface area contributed by atoms with Gasteiger partial charge in [0.15, 0.2) is 6.20 Å². The lowest BCUT2D eigenvalue weighted by Crippen LogP contribution is -2.34. The van der Waals surface area contributed by atoms with E-state index < -0.39 is 5.91 Å². The molecule has 4 heteroatoms. The number of amides is 1. The average Bonchev–Trinajstić information content (AvgIpc) is 2.46. The number of benzene rings is 1. The quantitative estimate of drug-likeness (QED) is 0.675. The summed E-state index contributed by atoms with van der Waals surface area (Å²) in [4.78, 5) is 22.0. The van der Waals surface area contributed by atoms with Gasteiger partial charge in [0.2, 0.25) is 5.69 Å². The van der Waals surface area contributed by atoms with Gasteiger partial charge in [0.1, 0.15) is 18.9 Å². The number of aldehydes is 1. The number of nitrogens with zero attached hydrogens (tertiary/aromatic N) is 1. The van der Waals surface area contributed by atoms with E-state index in [1.807, 2.05) is 42.1 Å². The molecule has 0 atom stereocenters. The van der Waals surface area contributed by atoms with Gasteiger partial charge < -0.3 is 5.73 Å². The summed E-state index contributed by atoms with van der Waals surface area (Å²) in [5, 5.41) is 0. The van der Waals surface area contributed by atoms with Crippen molar-refractivity contribution in [1.82, 2.24) is 0 Å². The third-order valence-electron chi connectivity index (χ3n) is 3.00. The summed E-state index contributed by atoms with van der Waals surface area (Å²) in [6.07, 6.45) is 6.35. The maximum atomic E-state index is 11.4. The van der Waals surface area contributed by atoms with E-state index in [1.165, 1.54) is 0 Å². The molecule has 20 heavy (non-hydrogen) atoms. The second-order valence-corrected chi connectivity index (χ2v) is 4.40. The van der Waals surface area contributed by atoms with Crippen molar-refractivity contribution < 1.29 is 14.2 Å². The van der Waals surface area contributed by atoms with Crippen LogP contribution in [0.25, 0.3) is 12.2 Å². The first-order valence-electron chi connectivity index (χ1n) is 6.13. The number of aryl methyl sites for hydroxylation is 1. The van der Waals surface area contributed by atoms with Crippen LogP contribution in [0.2, 0.25) is 0 Å². The molecule has 1 heterocycles. The molecule has 4 nitrogen and oxygen atoms in total. The fraction of sp³-hybridized carbons (Fsp3) is 0.0625. The Labute approximate surface area is 117 Å². The molecule has 2 N–H and O–H groups in total. The van der Waals surface area contributed by atoms with Crippen LogP contribution in [-0.4, -0.2) is 12.2 Å². The molecular weight excluding hydrogens is 252 g/mol. The maximum absolute atomic E-state index is 11.4. The lowest BCUT2D eigenvalue weighted by atomic mass is 10.1. The first-order chi connectivity index (χ1) is 9.61. The number of rotatable bonds is 4. The summed E-state index contributed by atoms with van der Waals surface area (Å²) < 4.78 is 1.83. The Hall–Kier alpha value is -2.75. The molecule has 1 amide bonds. The van der Waals surface area contributed by atoms with E-state index in [-0.39, 0.29) is 0 Å². The van der Waals surface area contributed by atoms with Crippen molar-refractivity contribution >= 4 is 24.3 Å². The van der Waals surface area contributed by atoms with Crippen molar-refractivity contribution in [2.75, 3.05) is 0 Å². The second-order valence-electron chi connectivity index (χ2n) is 4.40. The van der Waals surface area contributed by atoms with Crippen LogP contribution in [0.1, 0.15) is 32.0 Å². The van der Waals surface area contributed by atoms with E-state index in [1.54, 1.807) is 24.3 Å². The van der Waals surface area contributed by atoms with Crippen molar-refractivity contribution in [2.24, 2.45) is 12.8 Å². The minimum atomic E-state index is -0.461. The third-order valence-corrected chi connectivity index (χ3v) is 3.00. The van der Waals surface area contributed by atoms with Gasteiger partial charge in [0.05, 0.1) is 0 Å². The molecule has 1 aromatic heterocycles. The highest BCUT2D eigenvalue weighted by atomic mass is 16.1. The van der Waals surface area contributed by atoms with Gasteiger partial charge in [-0.25, -0.2) is 4.57 Å². The maximum Gasteiger partial charge on any atom is 0.255 e. The van der Waals surface area contributed by atoms with E-state index in [9.17, 15) is 9.59 Å². The topological polar surface area (TPSA) is 64.0 Å². The number of hydrogen-bond acceptors (Lipinski definition) is 2. The molecule has 0 aliphatic rings. The molecule has 0 unspecified atom stereocenters. The Morgan fingerprint density at radius 2 is 1.75 bits per heavy atom. The van der Waals surface area contributed by atoms with E-state index >= 15 is 0 Å². The zero-order valence-electron chi connectivity index (χ0n) is 11.1. The standard InChI is InChI=1S/C16H14N2O2/c1-18-10-2-3-14(16(17)20)15(18)9-8-12-4-6-13(11-19)7-5-12/h2-11H,1H3,(H-,17,20)/p+1. The molecule has 0 saturated carbocycles. The molecule has 0 aliphatic heterocycles. The van der Waals surface area contributed by atoms with E-state index in [4.69, 9.17) is 5.73 Å². The number of carbonyl (C=O) groups is 2. The van der Waals surface area contributed by atoms with E-state index in [2.05, 4.69) is 0 Å². The van der Waals surface area contributed by atoms with Gasteiger partial charge in [0, 0.05) is 17.7 Å². The summed E-state index contributed by atoms with van der Waals surface area (Å²) in [6, 6.07) is 10.6. The van der Waals surface area contributed by atoms with Gasteiger partial charge in [-0.05, 0) is 17.7 Å². The molecule has 2 aromatic rings. The van der Waals surface area contributed by atoms with Gasteiger partial charge in [-0.3, -0.25) is 9.59 Å². The van der Waals surface area contributed by atoms with Crippen LogP contribution in [0.4, 0.5) is 0 Å². The molecule has 0 fully saturated rings. The predicted octanol–water partition coefficient (Wildman–Crippen LogP) is 1.59. The predicted molar refractivity (Wildman–Crippen MR) is 76.9 cm³/mol. The Morgan fingerprint density at radius 1 is 1.10 bits per heavy atom. The second kappa shape index (κ2) is 5.93. The zero-order chi connectivity index (χ0) is 14.5. The lowest BCUT2D eigenvalue weighted by molar-refractivity contribution is -0.673. The summed E-state index contributed by atoms with van der Waals surface area (Å²) in [6.45, 7) is 0. The fourth-order valence-corrected chi connectivity index (χ4v) is 1.90. The zero-order valence-corrected chi connectivity index (χ0v) is 11.1. The van der Waals surface area contributed by atoms with Crippen molar-refractivity contribution in [3.8, 4) is 0 Å². The largest absolute Gasteiger partial charge is 0.365 e. The van der Waals surface area contributed by atoms with Crippen LogP contribution in [0, 0.1) is 0 Å². The molecule has 100 valence electrons. The first kappa shape index (κ1) is 13.7. The van der Waals surface area contributed by atoms with E-state index in [0.717, 1.165) is 17.5 Å². The summed E-state index contributed by atoms with van der Waals surface area (Å²) >= 11 is 0. The monoisotopic (exact) mass is 267 g/mol. The number of hydrogen-bond donors (Lipinski definition) is 1. The summed E-state index contributed by atoms with van der Waals surface area (Å²) in [5.74, 6) is -0.461. The van der Waals surface area contributed by atoms with Crippen LogP contribution in [0.5, 0.6) is 0 Å². The van der Waals surface area contributed by atoms with Gasteiger partial charge in [-0.1, -0.05) is 24.3 Å². The van der Waals surface area contributed by atoms with Gasteiger partial charge in [-0.2, -0.15) is 0 Å². The molecule has 0 aliphatic carbocycles. The van der Waals surface area contributed by atoms with Gasteiger partial charge in [0.25, 0.3) is 5.91 Å². The highest BCUT2D eigenvalue weighted by Gasteiger charge is 2.13. The molecular formula is C16H15N2O2+. The Kier molecular flexibility index (Phi) is 4.05. The van der Waals surface area contributed by atoms with Gasteiger partial charge >= 0.3 is 0 Å².